The topological polar surface area (TPSA) is 47.6 Å². The molecule has 0 aliphatic rings. The van der Waals surface area contributed by atoms with Gasteiger partial charge in [0.05, 0.1) is 11.1 Å². The quantitative estimate of drug-likeness (QED) is 0.760. The van der Waals surface area contributed by atoms with Gasteiger partial charge in [-0.3, -0.25) is 0 Å². The van der Waals surface area contributed by atoms with E-state index in [2.05, 4.69) is 38.1 Å². The molecule has 2 rings (SSSR count). The van der Waals surface area contributed by atoms with Crippen LogP contribution in [0.15, 0.2) is 34.1 Å². The number of nitrogens with zero attached hydrogens (tertiary/aromatic N) is 2. The van der Waals surface area contributed by atoms with Gasteiger partial charge in [-0.1, -0.05) is 13.8 Å². The molecule has 0 saturated heterocycles. The SMILES string of the molecule is CCSc1cc2cc(C#N)c(C#N)cc2cc1SCC. The predicted molar refractivity (Wildman–Crippen MR) is 86.2 cm³/mol. The lowest BCUT2D eigenvalue weighted by Gasteiger charge is -2.10. The molecule has 0 fully saturated rings. The van der Waals surface area contributed by atoms with Crippen molar-refractivity contribution in [2.75, 3.05) is 11.5 Å². The van der Waals surface area contributed by atoms with Crippen LogP contribution in [-0.4, -0.2) is 11.5 Å². The van der Waals surface area contributed by atoms with Crippen LogP contribution in [-0.2, 0) is 0 Å². The van der Waals surface area contributed by atoms with Gasteiger partial charge in [0.25, 0.3) is 0 Å². The van der Waals surface area contributed by atoms with Gasteiger partial charge >= 0.3 is 0 Å². The summed E-state index contributed by atoms with van der Waals surface area (Å²) in [6, 6.07) is 12.1. The molecule has 0 radical (unpaired) electrons. The molecule has 20 heavy (non-hydrogen) atoms. The molecule has 0 spiro atoms. The lowest BCUT2D eigenvalue weighted by atomic mass is 10.0. The summed E-state index contributed by atoms with van der Waals surface area (Å²) in [6.07, 6.45) is 0. The minimum Gasteiger partial charge on any atom is -0.192 e. The molecule has 4 heteroatoms. The maximum atomic E-state index is 9.11. The molecule has 2 nitrogen and oxygen atoms in total. The van der Waals surface area contributed by atoms with Crippen molar-refractivity contribution in [2.45, 2.75) is 23.6 Å². The Balaban J connectivity index is 2.68. The Hall–Kier alpha value is -1.62. The van der Waals surface area contributed by atoms with E-state index in [4.69, 9.17) is 10.5 Å². The fraction of sp³-hybridized carbons (Fsp3) is 0.250. The van der Waals surface area contributed by atoms with E-state index >= 15 is 0 Å². The number of benzene rings is 2. The van der Waals surface area contributed by atoms with Crippen LogP contribution in [0, 0.1) is 22.7 Å². The first-order valence-corrected chi connectivity index (χ1v) is 8.38. The van der Waals surface area contributed by atoms with Gasteiger partial charge in [0.1, 0.15) is 12.1 Å². The molecular weight excluding hydrogens is 284 g/mol. The molecule has 0 aliphatic heterocycles. The smallest absolute Gasteiger partial charge is 0.101 e. The van der Waals surface area contributed by atoms with E-state index in [-0.39, 0.29) is 0 Å². The van der Waals surface area contributed by atoms with Crippen LogP contribution in [0.25, 0.3) is 10.8 Å². The largest absolute Gasteiger partial charge is 0.192 e. The first-order chi connectivity index (χ1) is 9.73. The lowest BCUT2D eigenvalue weighted by molar-refractivity contribution is 1.26. The zero-order valence-corrected chi connectivity index (χ0v) is 13.1. The third-order valence-corrected chi connectivity index (χ3v) is 4.88. The summed E-state index contributed by atoms with van der Waals surface area (Å²) < 4.78 is 0. The zero-order valence-electron chi connectivity index (χ0n) is 11.4. The Morgan fingerprint density at radius 1 is 0.800 bits per heavy atom. The average molecular weight is 298 g/mol. The highest BCUT2D eigenvalue weighted by atomic mass is 32.2. The van der Waals surface area contributed by atoms with Crippen LogP contribution in [0.3, 0.4) is 0 Å². The molecule has 0 bridgehead atoms. The van der Waals surface area contributed by atoms with Gasteiger partial charge < -0.3 is 0 Å². The van der Waals surface area contributed by atoms with Crippen molar-refractivity contribution in [1.29, 1.82) is 10.5 Å². The molecule has 2 aromatic rings. The minimum atomic E-state index is 0.448. The summed E-state index contributed by atoms with van der Waals surface area (Å²) in [5.41, 5.74) is 0.895. The molecule has 0 heterocycles. The molecule has 0 aliphatic carbocycles. The van der Waals surface area contributed by atoms with Crippen molar-refractivity contribution < 1.29 is 0 Å². The van der Waals surface area contributed by atoms with Crippen molar-refractivity contribution in [2.24, 2.45) is 0 Å². The number of nitriles is 2. The van der Waals surface area contributed by atoms with Gasteiger partial charge in [-0.25, -0.2) is 0 Å². The highest BCUT2D eigenvalue weighted by Crippen LogP contribution is 2.35. The second-order valence-electron chi connectivity index (χ2n) is 4.13. The maximum absolute atomic E-state index is 9.11. The number of fused-ring (bicyclic) bond motifs is 1. The molecular formula is C16H14N2S2. The van der Waals surface area contributed by atoms with Crippen LogP contribution in [0.2, 0.25) is 0 Å². The number of hydrogen-bond acceptors (Lipinski definition) is 4. The summed E-state index contributed by atoms with van der Waals surface area (Å²) in [5, 5.41) is 20.3. The number of hydrogen-bond donors (Lipinski definition) is 0. The summed E-state index contributed by atoms with van der Waals surface area (Å²) in [7, 11) is 0. The zero-order chi connectivity index (χ0) is 14.5. The van der Waals surface area contributed by atoms with E-state index in [1.54, 1.807) is 0 Å². The van der Waals surface area contributed by atoms with E-state index in [1.165, 1.54) is 9.79 Å². The van der Waals surface area contributed by atoms with Crippen molar-refractivity contribution in [1.82, 2.24) is 0 Å². The van der Waals surface area contributed by atoms with Gasteiger partial charge in [0, 0.05) is 9.79 Å². The van der Waals surface area contributed by atoms with Crippen molar-refractivity contribution >= 4 is 34.3 Å². The summed E-state index contributed by atoms with van der Waals surface area (Å²) >= 11 is 3.62. The van der Waals surface area contributed by atoms with Crippen LogP contribution >= 0.6 is 23.5 Å². The van der Waals surface area contributed by atoms with Crippen LogP contribution in [0.4, 0.5) is 0 Å². The second-order valence-corrected chi connectivity index (χ2v) is 6.75. The highest BCUT2D eigenvalue weighted by molar-refractivity contribution is 8.02. The Morgan fingerprint density at radius 2 is 1.20 bits per heavy atom. The fourth-order valence-electron chi connectivity index (χ4n) is 2.03. The molecule has 0 unspecified atom stereocenters. The van der Waals surface area contributed by atoms with E-state index in [0.29, 0.717) is 11.1 Å². The van der Waals surface area contributed by atoms with Crippen molar-refractivity contribution in [3.63, 3.8) is 0 Å². The van der Waals surface area contributed by atoms with Gasteiger partial charge in [0.15, 0.2) is 0 Å². The Kier molecular flexibility index (Phi) is 4.95. The molecule has 2 aromatic carbocycles. The lowest BCUT2D eigenvalue weighted by Crippen LogP contribution is -1.88. The van der Waals surface area contributed by atoms with E-state index in [9.17, 15) is 0 Å². The number of rotatable bonds is 4. The summed E-state index contributed by atoms with van der Waals surface area (Å²) in [5.74, 6) is 2.04. The third kappa shape index (κ3) is 2.93. The molecule has 0 amide bonds. The molecule has 100 valence electrons. The first kappa shape index (κ1) is 14.8. The molecule has 0 atom stereocenters. The Morgan fingerprint density at radius 3 is 1.50 bits per heavy atom. The second kappa shape index (κ2) is 6.70. The molecule has 0 saturated carbocycles. The van der Waals surface area contributed by atoms with Gasteiger partial charge in [0.2, 0.25) is 0 Å². The van der Waals surface area contributed by atoms with Crippen molar-refractivity contribution in [3.05, 3.63) is 35.4 Å². The highest BCUT2D eigenvalue weighted by Gasteiger charge is 2.09. The van der Waals surface area contributed by atoms with Gasteiger partial charge in [-0.05, 0) is 46.5 Å². The predicted octanol–water partition coefficient (Wildman–Crippen LogP) is 4.81. The summed E-state index contributed by atoms with van der Waals surface area (Å²) in [6.45, 7) is 4.27. The van der Waals surface area contributed by atoms with Gasteiger partial charge in [-0.2, -0.15) is 10.5 Å². The normalized spacial score (nSPS) is 10.2. The monoisotopic (exact) mass is 298 g/mol. The Bertz CT molecular complexity index is 661. The standard InChI is InChI=1S/C16H14N2S2/c1-3-19-15-7-11-5-13(9-17)14(10-18)6-12(11)8-16(15)20-4-2/h5-8H,3-4H2,1-2H3. The summed E-state index contributed by atoms with van der Waals surface area (Å²) in [4.78, 5) is 2.50. The van der Waals surface area contributed by atoms with E-state index in [0.717, 1.165) is 22.3 Å². The van der Waals surface area contributed by atoms with Crippen LogP contribution in [0.5, 0.6) is 0 Å². The Labute approximate surface area is 127 Å². The third-order valence-electron chi connectivity index (χ3n) is 2.88. The van der Waals surface area contributed by atoms with E-state index in [1.807, 2.05) is 35.7 Å². The molecule has 0 aromatic heterocycles. The fourth-order valence-corrected chi connectivity index (χ4v) is 3.83. The van der Waals surface area contributed by atoms with Crippen LogP contribution < -0.4 is 0 Å². The minimum absolute atomic E-state index is 0.448. The number of thioether (sulfide) groups is 2. The maximum Gasteiger partial charge on any atom is 0.101 e. The van der Waals surface area contributed by atoms with Gasteiger partial charge in [-0.15, -0.1) is 23.5 Å². The molecule has 0 N–H and O–H groups in total. The first-order valence-electron chi connectivity index (χ1n) is 6.41. The van der Waals surface area contributed by atoms with Crippen LogP contribution in [0.1, 0.15) is 25.0 Å². The average Bonchev–Trinajstić information content (AvgIpc) is 2.47. The van der Waals surface area contributed by atoms with Crippen molar-refractivity contribution in [3.8, 4) is 12.1 Å². The van der Waals surface area contributed by atoms with E-state index < -0.39 is 0 Å².